The second-order valence-corrected chi connectivity index (χ2v) is 8.55. The zero-order valence-corrected chi connectivity index (χ0v) is 19.4. The van der Waals surface area contributed by atoms with Crippen LogP contribution in [0.15, 0.2) is 60.7 Å². The Labute approximate surface area is 199 Å². The molecule has 172 valence electrons. The van der Waals surface area contributed by atoms with E-state index in [9.17, 15) is 14.0 Å². The van der Waals surface area contributed by atoms with Crippen LogP contribution >= 0.6 is 0 Å². The molecule has 0 saturated carbocycles. The lowest BCUT2D eigenvalue weighted by Gasteiger charge is -2.39. The van der Waals surface area contributed by atoms with E-state index in [-0.39, 0.29) is 29.5 Å². The largest absolute Gasteiger partial charge is 0.378 e. The van der Waals surface area contributed by atoms with Crippen LogP contribution in [0.4, 0.5) is 21.5 Å². The molecule has 2 atom stereocenters. The first-order valence-electron chi connectivity index (χ1n) is 11.1. The van der Waals surface area contributed by atoms with Gasteiger partial charge in [-0.25, -0.2) is 4.39 Å². The lowest BCUT2D eigenvalue weighted by molar-refractivity contribution is -0.117. The predicted octanol–water partition coefficient (Wildman–Crippen LogP) is 5.73. The third-order valence-corrected chi connectivity index (χ3v) is 6.00. The molecule has 0 aliphatic carbocycles. The first-order valence-corrected chi connectivity index (χ1v) is 11.1. The fraction of sp³-hybridized carbons (Fsp3) is 0.214. The SMILES string of the molecule is C#Cc1ccc(N[C@@H]2C[C@H](C)N(C(C)=O)c3ccc(-c4cccc(NC(C)=O)c4)cc32)cc1F. The predicted molar refractivity (Wildman–Crippen MR) is 134 cm³/mol. The van der Waals surface area contributed by atoms with Crippen molar-refractivity contribution in [3.8, 4) is 23.5 Å². The Morgan fingerprint density at radius 2 is 1.79 bits per heavy atom. The normalized spacial score (nSPS) is 16.9. The van der Waals surface area contributed by atoms with Crippen molar-refractivity contribution in [2.24, 2.45) is 0 Å². The summed E-state index contributed by atoms with van der Waals surface area (Å²) in [6.45, 7) is 5.04. The number of carbonyl (C=O) groups is 2. The number of nitrogens with one attached hydrogen (secondary N) is 2. The summed E-state index contributed by atoms with van der Waals surface area (Å²) in [6.07, 6.45) is 6.00. The zero-order chi connectivity index (χ0) is 24.4. The number of fused-ring (bicyclic) bond motifs is 1. The third-order valence-electron chi connectivity index (χ3n) is 6.00. The Balaban J connectivity index is 1.76. The molecule has 34 heavy (non-hydrogen) atoms. The summed E-state index contributed by atoms with van der Waals surface area (Å²) >= 11 is 0. The minimum Gasteiger partial charge on any atom is -0.378 e. The van der Waals surface area contributed by atoms with Gasteiger partial charge in [-0.05, 0) is 72.5 Å². The number of hydrogen-bond acceptors (Lipinski definition) is 3. The van der Waals surface area contributed by atoms with E-state index in [1.807, 2.05) is 49.4 Å². The van der Waals surface area contributed by atoms with Crippen LogP contribution < -0.4 is 15.5 Å². The summed E-state index contributed by atoms with van der Waals surface area (Å²) in [5, 5.41) is 6.24. The Morgan fingerprint density at radius 1 is 1.03 bits per heavy atom. The molecule has 0 spiro atoms. The fourth-order valence-corrected chi connectivity index (χ4v) is 4.56. The van der Waals surface area contributed by atoms with Gasteiger partial charge >= 0.3 is 0 Å². The van der Waals surface area contributed by atoms with Crippen LogP contribution in [-0.2, 0) is 9.59 Å². The monoisotopic (exact) mass is 455 g/mol. The Kier molecular flexibility index (Phi) is 6.38. The van der Waals surface area contributed by atoms with Crippen molar-refractivity contribution in [1.29, 1.82) is 0 Å². The number of halogens is 1. The number of rotatable bonds is 4. The molecule has 6 heteroatoms. The average molecular weight is 456 g/mol. The van der Waals surface area contributed by atoms with E-state index >= 15 is 0 Å². The van der Waals surface area contributed by atoms with Gasteiger partial charge in [-0.2, -0.15) is 0 Å². The van der Waals surface area contributed by atoms with Crippen LogP contribution in [0.25, 0.3) is 11.1 Å². The van der Waals surface area contributed by atoms with Gasteiger partial charge in [0, 0.05) is 37.0 Å². The molecule has 1 aliphatic heterocycles. The molecular weight excluding hydrogens is 429 g/mol. The molecule has 0 saturated heterocycles. The average Bonchev–Trinajstić information content (AvgIpc) is 2.78. The highest BCUT2D eigenvalue weighted by Crippen LogP contribution is 2.41. The molecule has 0 fully saturated rings. The van der Waals surface area contributed by atoms with Crippen molar-refractivity contribution < 1.29 is 14.0 Å². The molecule has 0 unspecified atom stereocenters. The zero-order valence-electron chi connectivity index (χ0n) is 19.4. The third kappa shape index (κ3) is 4.65. The number of amides is 2. The number of nitrogens with zero attached hydrogens (tertiary/aromatic N) is 1. The van der Waals surface area contributed by atoms with Crippen molar-refractivity contribution in [2.75, 3.05) is 15.5 Å². The fourth-order valence-electron chi connectivity index (χ4n) is 4.56. The Bertz CT molecular complexity index is 1310. The highest BCUT2D eigenvalue weighted by atomic mass is 19.1. The molecule has 2 amide bonds. The molecule has 0 radical (unpaired) electrons. The van der Waals surface area contributed by atoms with Crippen molar-refractivity contribution in [3.05, 3.63) is 77.6 Å². The van der Waals surface area contributed by atoms with Crippen LogP contribution in [0, 0.1) is 18.2 Å². The topological polar surface area (TPSA) is 61.4 Å². The Hall–Kier alpha value is -4.11. The van der Waals surface area contributed by atoms with Gasteiger partial charge in [-0.3, -0.25) is 9.59 Å². The van der Waals surface area contributed by atoms with Gasteiger partial charge in [0.1, 0.15) is 5.82 Å². The van der Waals surface area contributed by atoms with E-state index < -0.39 is 5.82 Å². The maximum atomic E-state index is 14.3. The molecule has 0 bridgehead atoms. The second kappa shape index (κ2) is 9.40. The molecule has 5 nitrogen and oxygen atoms in total. The molecule has 4 rings (SSSR count). The minimum absolute atomic E-state index is 0.0305. The summed E-state index contributed by atoms with van der Waals surface area (Å²) in [7, 11) is 0. The van der Waals surface area contributed by atoms with Crippen LogP contribution in [0.3, 0.4) is 0 Å². The van der Waals surface area contributed by atoms with Gasteiger partial charge in [-0.1, -0.05) is 24.1 Å². The Morgan fingerprint density at radius 3 is 2.47 bits per heavy atom. The van der Waals surface area contributed by atoms with E-state index in [1.165, 1.54) is 13.0 Å². The van der Waals surface area contributed by atoms with Crippen LogP contribution in [0.2, 0.25) is 0 Å². The summed E-state index contributed by atoms with van der Waals surface area (Å²) in [5.74, 6) is 1.71. The van der Waals surface area contributed by atoms with E-state index in [4.69, 9.17) is 6.42 Å². The number of anilines is 3. The smallest absolute Gasteiger partial charge is 0.224 e. The van der Waals surface area contributed by atoms with E-state index in [0.717, 1.165) is 22.4 Å². The summed E-state index contributed by atoms with van der Waals surface area (Å²) in [4.78, 5) is 25.7. The van der Waals surface area contributed by atoms with Gasteiger partial charge in [0.25, 0.3) is 0 Å². The second-order valence-electron chi connectivity index (χ2n) is 8.55. The lowest BCUT2D eigenvalue weighted by Crippen LogP contribution is -2.43. The van der Waals surface area contributed by atoms with Gasteiger partial charge in [0.05, 0.1) is 11.6 Å². The number of carbonyl (C=O) groups excluding carboxylic acids is 2. The van der Waals surface area contributed by atoms with Crippen molar-refractivity contribution in [1.82, 2.24) is 0 Å². The first-order chi connectivity index (χ1) is 16.3. The molecule has 2 N–H and O–H groups in total. The number of benzene rings is 3. The molecule has 1 heterocycles. The van der Waals surface area contributed by atoms with Crippen LogP contribution in [0.5, 0.6) is 0 Å². The quantitative estimate of drug-likeness (QED) is 0.494. The molecule has 3 aromatic carbocycles. The maximum Gasteiger partial charge on any atom is 0.224 e. The van der Waals surface area contributed by atoms with Crippen molar-refractivity contribution in [3.63, 3.8) is 0 Å². The van der Waals surface area contributed by atoms with Gasteiger partial charge in [0.15, 0.2) is 0 Å². The standard InChI is InChI=1S/C28H26FN3O2/c1-5-20-9-11-24(16-26(20)29)31-27-13-17(2)32(19(4)34)28-12-10-22(15-25(27)28)21-7-6-8-23(14-21)30-18(3)33/h1,6-12,14-17,27,31H,13H2,2-4H3,(H,30,33)/t17-,27+/m0/s1. The van der Waals surface area contributed by atoms with Gasteiger partial charge < -0.3 is 15.5 Å². The number of hydrogen-bond donors (Lipinski definition) is 2. The van der Waals surface area contributed by atoms with Gasteiger partial charge in [-0.15, -0.1) is 6.42 Å². The molecule has 0 aromatic heterocycles. The van der Waals surface area contributed by atoms with Crippen LogP contribution in [0.1, 0.15) is 44.4 Å². The highest BCUT2D eigenvalue weighted by molar-refractivity contribution is 5.94. The number of terminal acetylenes is 1. The van der Waals surface area contributed by atoms with E-state index in [1.54, 1.807) is 24.0 Å². The highest BCUT2D eigenvalue weighted by Gasteiger charge is 2.32. The molecule has 1 aliphatic rings. The lowest BCUT2D eigenvalue weighted by atomic mass is 9.88. The minimum atomic E-state index is -0.453. The van der Waals surface area contributed by atoms with Crippen molar-refractivity contribution >= 4 is 28.9 Å². The first kappa shape index (κ1) is 23.1. The summed E-state index contributed by atoms with van der Waals surface area (Å²) < 4.78 is 14.3. The molecule has 3 aromatic rings. The maximum absolute atomic E-state index is 14.3. The van der Waals surface area contributed by atoms with Crippen molar-refractivity contribution in [2.45, 2.75) is 39.3 Å². The van der Waals surface area contributed by atoms with Gasteiger partial charge in [0.2, 0.25) is 11.8 Å². The van der Waals surface area contributed by atoms with Crippen LogP contribution in [-0.4, -0.2) is 17.9 Å². The van der Waals surface area contributed by atoms with E-state index in [0.29, 0.717) is 17.8 Å². The van der Waals surface area contributed by atoms with E-state index in [2.05, 4.69) is 16.6 Å². The molecular formula is C28H26FN3O2. The summed E-state index contributed by atoms with van der Waals surface area (Å²) in [5.41, 5.74) is 5.19. The summed E-state index contributed by atoms with van der Waals surface area (Å²) in [6, 6.07) is 18.1.